The number of carbonyl (C=O) groups excluding carboxylic acids is 1. The van der Waals surface area contributed by atoms with E-state index in [9.17, 15) is 24.7 Å². The van der Waals surface area contributed by atoms with Gasteiger partial charge in [0.1, 0.15) is 10.9 Å². The van der Waals surface area contributed by atoms with Crippen molar-refractivity contribution >= 4 is 23.4 Å². The number of carboxylic acid groups (broad SMARTS) is 1. The Balaban J connectivity index is 2.22. The number of nitrogens with zero attached hydrogens (tertiary/aromatic N) is 1. The molecule has 0 fully saturated rings. The van der Waals surface area contributed by atoms with Crippen LogP contribution in [-0.2, 0) is 16.0 Å². The summed E-state index contributed by atoms with van der Waals surface area (Å²) in [5.41, 5.74) is 0.267. The first-order chi connectivity index (χ1) is 10.8. The molecule has 4 N–H and O–H groups in total. The molecule has 8 nitrogen and oxygen atoms in total. The first kappa shape index (κ1) is 16.6. The molecule has 0 radical (unpaired) electrons. The summed E-state index contributed by atoms with van der Waals surface area (Å²) in [4.78, 5) is 33.6. The average Bonchev–Trinajstić information content (AvgIpc) is 2.74. The van der Waals surface area contributed by atoms with E-state index in [4.69, 9.17) is 5.11 Å². The molecular formula is C14H14N2O6S. The van der Waals surface area contributed by atoms with E-state index < -0.39 is 29.2 Å². The number of benzene rings is 1. The molecule has 0 aliphatic carbocycles. The van der Waals surface area contributed by atoms with Gasteiger partial charge in [-0.25, -0.2) is 4.79 Å². The third-order valence-electron chi connectivity index (χ3n) is 3.10. The Morgan fingerprint density at radius 3 is 2.35 bits per heavy atom. The Labute approximate surface area is 134 Å². The lowest BCUT2D eigenvalue weighted by molar-refractivity contribution is -0.141. The highest BCUT2D eigenvalue weighted by Gasteiger charge is 2.19. The van der Waals surface area contributed by atoms with Crippen molar-refractivity contribution in [2.75, 3.05) is 0 Å². The van der Waals surface area contributed by atoms with E-state index in [1.165, 1.54) is 6.92 Å². The van der Waals surface area contributed by atoms with Gasteiger partial charge in [0.15, 0.2) is 0 Å². The van der Waals surface area contributed by atoms with Gasteiger partial charge in [-0.1, -0.05) is 28.4 Å². The Kier molecular flexibility index (Phi) is 4.70. The zero-order valence-corrected chi connectivity index (χ0v) is 12.8. The summed E-state index contributed by atoms with van der Waals surface area (Å²) in [7, 11) is 0. The van der Waals surface area contributed by atoms with Crippen LogP contribution in [0.1, 0.15) is 12.5 Å². The molecule has 2 aromatic rings. The molecule has 122 valence electrons. The van der Waals surface area contributed by atoms with Crippen LogP contribution >= 0.6 is 11.5 Å². The monoisotopic (exact) mass is 338 g/mol. The van der Waals surface area contributed by atoms with E-state index in [-0.39, 0.29) is 11.3 Å². The van der Waals surface area contributed by atoms with E-state index in [1.54, 1.807) is 24.3 Å². The molecule has 0 aliphatic rings. The molecule has 0 spiro atoms. The highest BCUT2D eigenvalue weighted by molar-refractivity contribution is 7.10. The van der Waals surface area contributed by atoms with Crippen LogP contribution in [0.4, 0.5) is 0 Å². The number of aromatic nitrogens is 1. The van der Waals surface area contributed by atoms with E-state index in [1.807, 2.05) is 0 Å². The predicted molar refractivity (Wildman–Crippen MR) is 81.8 cm³/mol. The van der Waals surface area contributed by atoms with E-state index in [2.05, 4.69) is 5.32 Å². The largest absolute Gasteiger partial charge is 0.502 e. The minimum absolute atomic E-state index is 0.0957. The number of aliphatic carboxylic acids is 1. The molecule has 1 aromatic carbocycles. The number of nitrogens with one attached hydrogen (secondary N) is 1. The van der Waals surface area contributed by atoms with Crippen molar-refractivity contribution in [3.05, 3.63) is 40.2 Å². The minimum atomic E-state index is -1.14. The van der Waals surface area contributed by atoms with Gasteiger partial charge in [0.05, 0.1) is 0 Å². The van der Waals surface area contributed by atoms with Crippen LogP contribution in [0.15, 0.2) is 29.1 Å². The molecule has 9 heteroatoms. The van der Waals surface area contributed by atoms with Gasteiger partial charge in [0.2, 0.25) is 11.7 Å². The summed E-state index contributed by atoms with van der Waals surface area (Å²) in [5.74, 6) is -2.13. The summed E-state index contributed by atoms with van der Waals surface area (Å²) < 4.78 is 0.329. The van der Waals surface area contributed by atoms with Crippen LogP contribution in [0.3, 0.4) is 0 Å². The zero-order valence-electron chi connectivity index (χ0n) is 12.0. The van der Waals surface area contributed by atoms with Gasteiger partial charge in [0, 0.05) is 13.3 Å². The fourth-order valence-corrected chi connectivity index (χ4v) is 2.78. The van der Waals surface area contributed by atoms with E-state index in [0.29, 0.717) is 26.8 Å². The maximum Gasteiger partial charge on any atom is 0.336 e. The first-order valence-corrected chi connectivity index (χ1v) is 7.30. The Hall–Kier alpha value is -2.81. The molecule has 0 bridgehead atoms. The highest BCUT2D eigenvalue weighted by atomic mass is 32.1. The minimum Gasteiger partial charge on any atom is -0.502 e. The maximum absolute atomic E-state index is 11.3. The number of carbonyl (C=O) groups is 2. The highest BCUT2D eigenvalue weighted by Crippen LogP contribution is 2.30. The van der Waals surface area contributed by atoms with Crippen LogP contribution in [0.5, 0.6) is 5.75 Å². The quantitative estimate of drug-likeness (QED) is 0.593. The molecule has 0 unspecified atom stereocenters. The van der Waals surface area contributed by atoms with Crippen LogP contribution < -0.4 is 10.9 Å². The Bertz CT molecular complexity index is 793. The van der Waals surface area contributed by atoms with E-state index >= 15 is 0 Å². The maximum atomic E-state index is 11.3. The molecule has 1 atom stereocenters. The molecule has 1 amide bonds. The molecule has 0 saturated carbocycles. The van der Waals surface area contributed by atoms with Gasteiger partial charge in [-0.15, -0.1) is 0 Å². The molecule has 1 aromatic heterocycles. The Morgan fingerprint density at radius 1 is 1.30 bits per heavy atom. The summed E-state index contributed by atoms with van der Waals surface area (Å²) >= 11 is 0.686. The number of carboxylic acids is 1. The second kappa shape index (κ2) is 6.53. The normalized spacial score (nSPS) is 11.9. The molecule has 23 heavy (non-hydrogen) atoms. The van der Waals surface area contributed by atoms with Crippen molar-refractivity contribution in [1.82, 2.24) is 9.44 Å². The second-order valence-corrected chi connectivity index (χ2v) is 5.78. The fourth-order valence-electron chi connectivity index (χ4n) is 2.02. The number of aromatic hydroxyl groups is 1. The van der Waals surface area contributed by atoms with Crippen molar-refractivity contribution in [2.45, 2.75) is 19.4 Å². The summed E-state index contributed by atoms with van der Waals surface area (Å²) in [6.07, 6.45) is 0.0957. The Morgan fingerprint density at radius 2 is 1.91 bits per heavy atom. The summed E-state index contributed by atoms with van der Waals surface area (Å²) in [5, 5.41) is 30.3. The predicted octanol–water partition coefficient (Wildman–Crippen LogP) is 0.651. The number of hydrogen-bond donors (Lipinski definition) is 4. The van der Waals surface area contributed by atoms with Crippen LogP contribution in [0.25, 0.3) is 10.4 Å². The van der Waals surface area contributed by atoms with Crippen molar-refractivity contribution in [3.8, 4) is 16.2 Å². The number of amides is 1. The van der Waals surface area contributed by atoms with Crippen molar-refractivity contribution in [2.24, 2.45) is 0 Å². The van der Waals surface area contributed by atoms with Gasteiger partial charge in [0.25, 0.3) is 0 Å². The van der Waals surface area contributed by atoms with Gasteiger partial charge in [-0.3, -0.25) is 9.59 Å². The van der Waals surface area contributed by atoms with Crippen molar-refractivity contribution < 1.29 is 25.0 Å². The van der Waals surface area contributed by atoms with Gasteiger partial charge >= 0.3 is 11.5 Å². The molecular weight excluding hydrogens is 324 g/mol. The molecule has 0 aliphatic heterocycles. The molecule has 2 rings (SSSR count). The second-order valence-electron chi connectivity index (χ2n) is 4.84. The lowest BCUT2D eigenvalue weighted by Gasteiger charge is -2.13. The first-order valence-electron chi connectivity index (χ1n) is 6.53. The lowest BCUT2D eigenvalue weighted by atomic mass is 10.0. The summed E-state index contributed by atoms with van der Waals surface area (Å²) in [6.45, 7) is 1.24. The number of hydrogen-bond acceptors (Lipinski definition) is 6. The molecule has 0 saturated heterocycles. The van der Waals surface area contributed by atoms with Crippen molar-refractivity contribution in [1.29, 1.82) is 0 Å². The van der Waals surface area contributed by atoms with Gasteiger partial charge in [-0.05, 0) is 22.7 Å². The topological polar surface area (TPSA) is 129 Å². The fraction of sp³-hybridized carbons (Fsp3) is 0.214. The SMILES string of the molecule is CC(=O)N[C@@H](Cc1ccc(-c2sn(O)c(=O)c2O)cc1)C(=O)O. The molecule has 1 heterocycles. The van der Waals surface area contributed by atoms with Crippen LogP contribution in [0.2, 0.25) is 0 Å². The van der Waals surface area contributed by atoms with Crippen LogP contribution in [0, 0.1) is 0 Å². The zero-order chi connectivity index (χ0) is 17.1. The third kappa shape index (κ3) is 3.69. The van der Waals surface area contributed by atoms with Gasteiger partial charge in [-0.2, -0.15) is 0 Å². The smallest absolute Gasteiger partial charge is 0.336 e. The van der Waals surface area contributed by atoms with E-state index in [0.717, 1.165) is 0 Å². The third-order valence-corrected chi connectivity index (χ3v) is 4.05. The summed E-state index contributed by atoms with van der Waals surface area (Å²) in [6, 6.07) is 5.39. The lowest BCUT2D eigenvalue weighted by Crippen LogP contribution is -2.41. The van der Waals surface area contributed by atoms with Crippen molar-refractivity contribution in [3.63, 3.8) is 0 Å². The number of rotatable bonds is 5. The average molecular weight is 338 g/mol. The van der Waals surface area contributed by atoms with Gasteiger partial charge < -0.3 is 20.7 Å². The van der Waals surface area contributed by atoms with Crippen LogP contribution in [-0.4, -0.2) is 37.5 Å². The standard InChI is InChI=1S/C14H14N2O6S/c1-7(17)15-10(14(20)21)6-8-2-4-9(5-3-8)12-11(18)13(19)16(22)23-12/h2-5,10,18,22H,6H2,1H3,(H,15,17)(H,20,21)/t10-/m0/s1.